The predicted molar refractivity (Wildman–Crippen MR) is 277 cm³/mol. The molecule has 0 saturated heterocycles. The monoisotopic (exact) mass is 850 g/mol. The molecule has 12 aromatic rings. The molecular formula is C60H42N2SSi. The highest BCUT2D eigenvalue weighted by Gasteiger charge is 2.41. The minimum absolute atomic E-state index is 1.11. The van der Waals surface area contributed by atoms with Crippen molar-refractivity contribution in [1.82, 2.24) is 4.57 Å². The fourth-order valence-corrected chi connectivity index (χ4v) is 16.0. The first-order chi connectivity index (χ1) is 31.8. The van der Waals surface area contributed by atoms with E-state index in [0.29, 0.717) is 0 Å². The summed E-state index contributed by atoms with van der Waals surface area (Å²) in [6.07, 6.45) is 0. The lowest BCUT2D eigenvalue weighted by molar-refractivity contribution is 1.18. The van der Waals surface area contributed by atoms with Crippen molar-refractivity contribution in [2.75, 3.05) is 4.90 Å². The van der Waals surface area contributed by atoms with Gasteiger partial charge in [0.2, 0.25) is 0 Å². The molecule has 2 nitrogen and oxygen atoms in total. The van der Waals surface area contributed by atoms with Gasteiger partial charge in [-0.05, 0) is 92.5 Å². The molecule has 0 N–H and O–H groups in total. The molecular weight excluding hydrogens is 809 g/mol. The van der Waals surface area contributed by atoms with Crippen molar-refractivity contribution in [3.63, 3.8) is 0 Å². The number of anilines is 3. The Morgan fingerprint density at radius 3 is 1.47 bits per heavy atom. The molecule has 64 heavy (non-hydrogen) atoms. The van der Waals surface area contributed by atoms with Crippen LogP contribution in [0, 0.1) is 0 Å². The molecule has 0 bridgehead atoms. The van der Waals surface area contributed by atoms with Crippen LogP contribution in [-0.2, 0) is 0 Å². The van der Waals surface area contributed by atoms with Crippen LogP contribution >= 0.6 is 11.3 Å². The third-order valence-electron chi connectivity index (χ3n) is 12.9. The number of para-hydroxylation sites is 2. The van der Waals surface area contributed by atoms with E-state index in [1.54, 1.807) is 0 Å². The maximum absolute atomic E-state index is 2.62. The topological polar surface area (TPSA) is 8.17 Å². The number of benzene rings is 10. The number of hydrogen-bond acceptors (Lipinski definition) is 2. The van der Waals surface area contributed by atoms with Gasteiger partial charge in [-0.1, -0.05) is 194 Å². The van der Waals surface area contributed by atoms with Crippen LogP contribution in [0.5, 0.6) is 0 Å². The maximum Gasteiger partial charge on any atom is 0.179 e. The van der Waals surface area contributed by atoms with Crippen molar-refractivity contribution >= 4 is 99.2 Å². The lowest BCUT2D eigenvalue weighted by Gasteiger charge is -2.34. The molecule has 0 radical (unpaired) electrons. The Bertz CT molecular complexity index is 3490. The molecule has 0 atom stereocenters. The van der Waals surface area contributed by atoms with Crippen LogP contribution in [0.25, 0.3) is 58.8 Å². The molecule has 0 aliphatic rings. The molecule has 2 heterocycles. The second kappa shape index (κ2) is 15.9. The second-order valence-corrected chi connectivity index (χ2v) is 21.3. The number of aromatic nitrogens is 1. The first kappa shape index (κ1) is 38.0. The third-order valence-corrected chi connectivity index (χ3v) is 18.9. The van der Waals surface area contributed by atoms with Crippen LogP contribution in [0.3, 0.4) is 0 Å². The van der Waals surface area contributed by atoms with E-state index in [0.717, 1.165) is 22.7 Å². The molecule has 0 saturated carbocycles. The first-order valence-corrected chi connectivity index (χ1v) is 24.7. The molecule has 10 aromatic carbocycles. The van der Waals surface area contributed by atoms with Crippen molar-refractivity contribution in [2.45, 2.75) is 0 Å². The van der Waals surface area contributed by atoms with Crippen molar-refractivity contribution < 1.29 is 0 Å². The Hall–Kier alpha value is -7.76. The van der Waals surface area contributed by atoms with E-state index in [9.17, 15) is 0 Å². The Morgan fingerprint density at radius 1 is 0.344 bits per heavy atom. The molecule has 2 aromatic heterocycles. The van der Waals surface area contributed by atoms with E-state index in [4.69, 9.17) is 0 Å². The largest absolute Gasteiger partial charge is 0.310 e. The molecule has 0 unspecified atom stereocenters. The molecule has 0 spiro atoms. The van der Waals surface area contributed by atoms with Crippen LogP contribution in [0.2, 0.25) is 0 Å². The zero-order valence-corrected chi connectivity index (χ0v) is 36.9. The van der Waals surface area contributed by atoms with Crippen molar-refractivity contribution in [1.29, 1.82) is 0 Å². The second-order valence-electron chi connectivity index (χ2n) is 16.4. The van der Waals surface area contributed by atoms with Gasteiger partial charge in [0.15, 0.2) is 8.07 Å². The summed E-state index contributed by atoms with van der Waals surface area (Å²) < 4.78 is 4.99. The van der Waals surface area contributed by atoms with E-state index in [1.165, 1.54) is 73.9 Å². The summed E-state index contributed by atoms with van der Waals surface area (Å²) in [7, 11) is -2.62. The molecule has 12 rings (SSSR count). The Balaban J connectivity index is 1.00. The Labute approximate surface area is 378 Å². The summed E-state index contributed by atoms with van der Waals surface area (Å²) in [4.78, 5) is 2.46. The van der Waals surface area contributed by atoms with Crippen molar-refractivity contribution in [3.8, 4) is 16.8 Å². The lowest BCUT2D eigenvalue weighted by atomic mass is 10.0. The van der Waals surface area contributed by atoms with Crippen LogP contribution in [-0.4, -0.2) is 12.6 Å². The van der Waals surface area contributed by atoms with E-state index in [1.807, 2.05) is 11.3 Å². The van der Waals surface area contributed by atoms with Gasteiger partial charge in [-0.3, -0.25) is 0 Å². The highest BCUT2D eigenvalue weighted by molar-refractivity contribution is 7.25. The van der Waals surface area contributed by atoms with E-state index >= 15 is 0 Å². The van der Waals surface area contributed by atoms with Crippen molar-refractivity contribution in [3.05, 3.63) is 255 Å². The van der Waals surface area contributed by atoms with Crippen LogP contribution in [0.15, 0.2) is 255 Å². The van der Waals surface area contributed by atoms with E-state index in [-0.39, 0.29) is 0 Å². The van der Waals surface area contributed by atoms with Gasteiger partial charge in [0, 0.05) is 48.0 Å². The standard InChI is InChI=1S/C60H42N2SSi/c1-5-18-45(19-6-1)62-55-28-15-13-27-54(55)60-56(29-17-30-57(60)62)61(47-38-41-53-52-26-14-16-31-58(52)63-59(53)42-47)46-36-32-43(33-37-46)44-34-39-51(40-35-44)64(48-20-7-2-8-21-48,49-22-9-3-10-23-49)50-24-11-4-12-25-50/h1-42H. The number of thiophene rings is 1. The third kappa shape index (κ3) is 6.22. The summed E-state index contributed by atoms with van der Waals surface area (Å²) >= 11 is 1.86. The van der Waals surface area contributed by atoms with Gasteiger partial charge in [-0.25, -0.2) is 0 Å². The molecule has 4 heteroatoms. The van der Waals surface area contributed by atoms with Gasteiger partial charge >= 0.3 is 0 Å². The average Bonchev–Trinajstić information content (AvgIpc) is 3.92. The molecule has 0 aliphatic heterocycles. The normalized spacial score (nSPS) is 11.8. The van der Waals surface area contributed by atoms with E-state index < -0.39 is 8.07 Å². The number of nitrogens with zero attached hydrogens (tertiary/aromatic N) is 2. The Morgan fingerprint density at radius 2 is 0.828 bits per heavy atom. The van der Waals surface area contributed by atoms with Gasteiger partial charge < -0.3 is 9.47 Å². The fourth-order valence-electron chi connectivity index (χ4n) is 10.1. The molecule has 0 amide bonds. The van der Waals surface area contributed by atoms with Crippen LogP contribution < -0.4 is 25.6 Å². The summed E-state index contributed by atoms with van der Waals surface area (Å²) in [5.41, 5.74) is 9.27. The van der Waals surface area contributed by atoms with Gasteiger partial charge in [0.1, 0.15) is 0 Å². The number of hydrogen-bond donors (Lipinski definition) is 0. The summed E-state index contributed by atoms with van der Waals surface area (Å²) in [6, 6.07) is 94.0. The molecule has 0 aliphatic carbocycles. The number of rotatable bonds is 9. The van der Waals surface area contributed by atoms with Crippen LogP contribution in [0.4, 0.5) is 17.1 Å². The quantitative estimate of drug-likeness (QED) is 0.104. The fraction of sp³-hybridized carbons (Fsp3) is 0. The summed E-state index contributed by atoms with van der Waals surface area (Å²) in [6.45, 7) is 0. The van der Waals surface area contributed by atoms with Gasteiger partial charge in [0.05, 0.1) is 16.7 Å². The van der Waals surface area contributed by atoms with E-state index in [2.05, 4.69) is 264 Å². The number of fused-ring (bicyclic) bond motifs is 6. The first-order valence-electron chi connectivity index (χ1n) is 21.9. The highest BCUT2D eigenvalue weighted by Crippen LogP contribution is 2.46. The highest BCUT2D eigenvalue weighted by atomic mass is 32.1. The summed E-state index contributed by atoms with van der Waals surface area (Å²) in [5.74, 6) is 0. The zero-order chi connectivity index (χ0) is 42.5. The average molecular weight is 851 g/mol. The minimum atomic E-state index is -2.62. The van der Waals surface area contributed by atoms with Crippen LogP contribution in [0.1, 0.15) is 0 Å². The maximum atomic E-state index is 2.46. The SMILES string of the molecule is c1ccc(-n2c3ccccc3c3c(N(c4ccc(-c5ccc([Si](c6ccccc6)(c6ccccc6)c6ccccc6)cc5)cc4)c4ccc5c(c4)sc4ccccc45)cccc32)cc1. The minimum Gasteiger partial charge on any atom is -0.310 e. The smallest absolute Gasteiger partial charge is 0.179 e. The lowest BCUT2D eigenvalue weighted by Crippen LogP contribution is -2.74. The van der Waals surface area contributed by atoms with Gasteiger partial charge in [-0.15, -0.1) is 11.3 Å². The molecule has 302 valence electrons. The zero-order valence-electron chi connectivity index (χ0n) is 35.1. The van der Waals surface area contributed by atoms with Gasteiger partial charge in [-0.2, -0.15) is 0 Å². The predicted octanol–water partition coefficient (Wildman–Crippen LogP) is 13.7. The summed E-state index contributed by atoms with van der Waals surface area (Å²) in [5, 5.41) is 10.5. The molecule has 0 fully saturated rings. The Kier molecular flexibility index (Phi) is 9.40. The van der Waals surface area contributed by atoms with Crippen molar-refractivity contribution in [2.24, 2.45) is 0 Å². The van der Waals surface area contributed by atoms with Gasteiger partial charge in [0.25, 0.3) is 0 Å².